The van der Waals surface area contributed by atoms with E-state index in [2.05, 4.69) is 72.7 Å². The van der Waals surface area contributed by atoms with Gasteiger partial charge in [-0.25, -0.2) is 4.79 Å². The number of carbonyl (C=O) groups excluding carboxylic acids is 1. The number of rotatable bonds is 5. The molecule has 0 bridgehead atoms. The number of ether oxygens (including phenoxy) is 1. The molecule has 5 heteroatoms. The van der Waals surface area contributed by atoms with E-state index in [1.54, 1.807) is 12.3 Å². The third-order valence-corrected chi connectivity index (χ3v) is 6.79. The van der Waals surface area contributed by atoms with Gasteiger partial charge in [0.15, 0.2) is 0 Å². The molecule has 0 saturated heterocycles. The molecule has 33 heavy (non-hydrogen) atoms. The zero-order chi connectivity index (χ0) is 23.3. The molecular formula is C28H29N3O2. The van der Waals surface area contributed by atoms with Gasteiger partial charge in [0, 0.05) is 60.2 Å². The summed E-state index contributed by atoms with van der Waals surface area (Å²) < 4.78 is 8.79. The predicted octanol–water partition coefficient (Wildman–Crippen LogP) is 5.46. The SMILES string of the molecule is CCc1c(C2(c3ccc(N(C)C)cc3C)OC(=O)c3cccnc32)c2ccccc2n1CC. The molecule has 1 unspecified atom stereocenters. The number of carbonyl (C=O) groups is 1. The summed E-state index contributed by atoms with van der Waals surface area (Å²) in [5, 5.41) is 1.10. The highest BCUT2D eigenvalue weighted by molar-refractivity contribution is 5.98. The van der Waals surface area contributed by atoms with E-state index >= 15 is 0 Å². The predicted molar refractivity (Wildman–Crippen MR) is 132 cm³/mol. The monoisotopic (exact) mass is 439 g/mol. The molecule has 5 rings (SSSR count). The molecule has 0 saturated carbocycles. The van der Waals surface area contributed by atoms with Gasteiger partial charge < -0.3 is 14.2 Å². The number of benzene rings is 2. The van der Waals surface area contributed by atoms with Crippen LogP contribution in [0.25, 0.3) is 10.9 Å². The summed E-state index contributed by atoms with van der Waals surface area (Å²) >= 11 is 0. The summed E-state index contributed by atoms with van der Waals surface area (Å²) in [6, 6.07) is 18.3. The van der Waals surface area contributed by atoms with Crippen LogP contribution < -0.4 is 4.90 Å². The van der Waals surface area contributed by atoms with Crippen molar-refractivity contribution in [2.24, 2.45) is 0 Å². The van der Waals surface area contributed by atoms with Crippen LogP contribution in [-0.4, -0.2) is 29.6 Å². The minimum absolute atomic E-state index is 0.329. The Labute approximate surface area is 194 Å². The fourth-order valence-electron chi connectivity index (χ4n) is 5.38. The van der Waals surface area contributed by atoms with Gasteiger partial charge >= 0.3 is 5.97 Å². The highest BCUT2D eigenvalue weighted by Crippen LogP contribution is 2.51. The van der Waals surface area contributed by atoms with Gasteiger partial charge in [0.05, 0.1) is 5.56 Å². The summed E-state index contributed by atoms with van der Waals surface area (Å²) in [6.07, 6.45) is 2.57. The number of anilines is 1. The van der Waals surface area contributed by atoms with Crippen molar-refractivity contribution in [1.29, 1.82) is 0 Å². The van der Waals surface area contributed by atoms with Crippen LogP contribution >= 0.6 is 0 Å². The van der Waals surface area contributed by atoms with Crippen molar-refractivity contribution in [3.05, 3.63) is 94.4 Å². The van der Waals surface area contributed by atoms with Crippen molar-refractivity contribution in [1.82, 2.24) is 9.55 Å². The molecule has 4 aromatic rings. The Morgan fingerprint density at radius 3 is 2.55 bits per heavy atom. The highest BCUT2D eigenvalue weighted by atomic mass is 16.6. The van der Waals surface area contributed by atoms with E-state index in [1.165, 1.54) is 5.69 Å². The van der Waals surface area contributed by atoms with Crippen LogP contribution in [0, 0.1) is 6.92 Å². The van der Waals surface area contributed by atoms with Gasteiger partial charge in [-0.3, -0.25) is 4.98 Å². The first-order valence-corrected chi connectivity index (χ1v) is 11.5. The molecule has 0 N–H and O–H groups in total. The van der Waals surface area contributed by atoms with Gasteiger partial charge in [-0.2, -0.15) is 0 Å². The number of fused-ring (bicyclic) bond motifs is 2. The molecule has 0 radical (unpaired) electrons. The maximum absolute atomic E-state index is 13.2. The third kappa shape index (κ3) is 2.92. The first-order valence-electron chi connectivity index (χ1n) is 11.5. The van der Waals surface area contributed by atoms with Crippen molar-refractivity contribution in [2.75, 3.05) is 19.0 Å². The first kappa shape index (κ1) is 21.3. The largest absolute Gasteiger partial charge is 0.439 e. The molecule has 0 fully saturated rings. The standard InChI is InChI=1S/C28H29N3O2/c1-6-23-25(20-11-8-9-13-24(20)31(23)7-2)28(22-15-14-19(30(4)5)17-18(22)3)26-21(27(32)33-28)12-10-16-29-26/h8-17H,6-7H2,1-5H3. The molecule has 1 atom stereocenters. The lowest BCUT2D eigenvalue weighted by Gasteiger charge is -2.32. The number of hydrogen-bond donors (Lipinski definition) is 0. The lowest BCUT2D eigenvalue weighted by Crippen LogP contribution is -2.32. The minimum Gasteiger partial charge on any atom is -0.439 e. The summed E-state index contributed by atoms with van der Waals surface area (Å²) in [6.45, 7) is 7.24. The van der Waals surface area contributed by atoms with Gasteiger partial charge in [-0.15, -0.1) is 0 Å². The van der Waals surface area contributed by atoms with Crippen LogP contribution in [-0.2, 0) is 23.3 Å². The number of hydrogen-bond acceptors (Lipinski definition) is 4. The molecule has 5 nitrogen and oxygen atoms in total. The Balaban J connectivity index is 1.95. The second-order valence-corrected chi connectivity index (χ2v) is 8.80. The molecule has 2 aromatic carbocycles. The second-order valence-electron chi connectivity index (χ2n) is 8.80. The average Bonchev–Trinajstić information content (AvgIpc) is 3.31. The molecule has 168 valence electrons. The molecule has 3 heterocycles. The Morgan fingerprint density at radius 2 is 1.85 bits per heavy atom. The van der Waals surface area contributed by atoms with E-state index in [0.717, 1.165) is 46.2 Å². The van der Waals surface area contributed by atoms with Crippen LogP contribution in [0.1, 0.15) is 52.3 Å². The van der Waals surface area contributed by atoms with Crippen molar-refractivity contribution >= 4 is 22.6 Å². The highest BCUT2D eigenvalue weighted by Gasteiger charge is 2.53. The van der Waals surface area contributed by atoms with E-state index < -0.39 is 5.60 Å². The van der Waals surface area contributed by atoms with Gasteiger partial charge in [0.2, 0.25) is 5.60 Å². The summed E-state index contributed by atoms with van der Waals surface area (Å²) in [5.41, 5.74) is 6.55. The van der Waals surface area contributed by atoms with Gasteiger partial charge in [0.25, 0.3) is 0 Å². The van der Waals surface area contributed by atoms with Gasteiger partial charge in [-0.1, -0.05) is 31.2 Å². The third-order valence-electron chi connectivity index (χ3n) is 6.79. The normalized spacial score (nSPS) is 17.3. The van der Waals surface area contributed by atoms with Crippen molar-refractivity contribution in [3.8, 4) is 0 Å². The maximum Gasteiger partial charge on any atom is 0.341 e. The number of aryl methyl sites for hydroxylation is 2. The molecule has 0 amide bonds. The number of pyridine rings is 1. The molecule has 2 aromatic heterocycles. The van der Waals surface area contributed by atoms with Gasteiger partial charge in [0.1, 0.15) is 5.69 Å². The average molecular weight is 440 g/mol. The lowest BCUT2D eigenvalue weighted by molar-refractivity contribution is 0.0243. The Kier molecular flexibility index (Phi) is 5.00. The smallest absolute Gasteiger partial charge is 0.341 e. The number of para-hydroxylation sites is 1. The van der Waals surface area contributed by atoms with Crippen molar-refractivity contribution < 1.29 is 9.53 Å². The van der Waals surface area contributed by atoms with E-state index in [0.29, 0.717) is 11.3 Å². The van der Waals surface area contributed by atoms with Crippen LogP contribution in [0.2, 0.25) is 0 Å². The topological polar surface area (TPSA) is 47.4 Å². The molecule has 1 aliphatic rings. The van der Waals surface area contributed by atoms with Gasteiger partial charge in [-0.05, 0) is 56.2 Å². The maximum atomic E-state index is 13.2. The quantitative estimate of drug-likeness (QED) is 0.388. The van der Waals surface area contributed by atoms with E-state index in [9.17, 15) is 4.79 Å². The Hall–Kier alpha value is -3.60. The van der Waals surface area contributed by atoms with E-state index in [4.69, 9.17) is 9.72 Å². The van der Waals surface area contributed by atoms with Crippen LogP contribution in [0.3, 0.4) is 0 Å². The first-order chi connectivity index (χ1) is 15.9. The molecule has 1 aliphatic heterocycles. The zero-order valence-corrected chi connectivity index (χ0v) is 19.8. The fourth-order valence-corrected chi connectivity index (χ4v) is 5.38. The zero-order valence-electron chi connectivity index (χ0n) is 19.8. The van der Waals surface area contributed by atoms with Crippen molar-refractivity contribution in [2.45, 2.75) is 39.3 Å². The Morgan fingerprint density at radius 1 is 1.06 bits per heavy atom. The minimum atomic E-state index is -1.10. The lowest BCUT2D eigenvalue weighted by atomic mass is 9.79. The number of aromatic nitrogens is 2. The summed E-state index contributed by atoms with van der Waals surface area (Å²) in [4.78, 5) is 20.1. The molecular weight excluding hydrogens is 410 g/mol. The summed E-state index contributed by atoms with van der Waals surface area (Å²) in [5.74, 6) is -0.329. The molecule has 0 aliphatic carbocycles. The number of nitrogens with zero attached hydrogens (tertiary/aromatic N) is 3. The molecule has 0 spiro atoms. The number of cyclic esters (lactones) is 1. The van der Waals surface area contributed by atoms with E-state index in [-0.39, 0.29) is 5.97 Å². The van der Waals surface area contributed by atoms with E-state index in [1.807, 2.05) is 20.2 Å². The number of esters is 1. The second kappa shape index (κ2) is 7.77. The van der Waals surface area contributed by atoms with Crippen molar-refractivity contribution in [3.63, 3.8) is 0 Å². The Bertz CT molecular complexity index is 1390. The van der Waals surface area contributed by atoms with Crippen LogP contribution in [0.5, 0.6) is 0 Å². The van der Waals surface area contributed by atoms with Crippen LogP contribution in [0.4, 0.5) is 5.69 Å². The fraction of sp³-hybridized carbons (Fsp3) is 0.286. The van der Waals surface area contributed by atoms with Crippen LogP contribution in [0.15, 0.2) is 60.8 Å². The summed E-state index contributed by atoms with van der Waals surface area (Å²) in [7, 11) is 4.06.